The largest absolute Gasteiger partial charge is 0.481 e. The molecule has 2 aromatic carbocycles. The minimum Gasteiger partial charge on any atom is -0.481 e. The van der Waals surface area contributed by atoms with Crippen molar-refractivity contribution in [1.82, 2.24) is 0 Å². The van der Waals surface area contributed by atoms with Gasteiger partial charge >= 0.3 is 5.97 Å². The molecule has 0 aliphatic carbocycles. The van der Waals surface area contributed by atoms with Crippen molar-refractivity contribution >= 4 is 67.9 Å². The van der Waals surface area contributed by atoms with Crippen LogP contribution in [-0.4, -0.2) is 27.9 Å². The van der Waals surface area contributed by atoms with Gasteiger partial charge in [0.2, 0.25) is 0 Å². The molecule has 0 bridgehead atoms. The minimum absolute atomic E-state index is 0.219. The maximum absolute atomic E-state index is 12.9. The van der Waals surface area contributed by atoms with Crippen LogP contribution >= 0.6 is 39.9 Å². The van der Waals surface area contributed by atoms with Crippen LogP contribution in [0.2, 0.25) is 0 Å². The molecule has 1 amide bonds. The number of carboxylic acid groups (broad SMARTS) is 1. The minimum atomic E-state index is -1.07. The van der Waals surface area contributed by atoms with Gasteiger partial charge in [-0.15, -0.1) is 0 Å². The van der Waals surface area contributed by atoms with E-state index in [-0.39, 0.29) is 5.91 Å². The van der Waals surface area contributed by atoms with Gasteiger partial charge in [-0.05, 0) is 42.8 Å². The van der Waals surface area contributed by atoms with Crippen molar-refractivity contribution < 1.29 is 19.4 Å². The van der Waals surface area contributed by atoms with Gasteiger partial charge in [0.25, 0.3) is 5.91 Å². The molecule has 1 aliphatic heterocycles. The zero-order valence-corrected chi connectivity index (χ0v) is 17.4. The number of rotatable bonds is 5. The lowest BCUT2D eigenvalue weighted by Gasteiger charge is -2.16. The summed E-state index contributed by atoms with van der Waals surface area (Å²) in [4.78, 5) is 25.7. The van der Waals surface area contributed by atoms with Crippen LogP contribution in [0.15, 0.2) is 51.8 Å². The molecule has 8 heteroatoms. The van der Waals surface area contributed by atoms with Crippen molar-refractivity contribution in [1.29, 1.82) is 0 Å². The Hall–Kier alpha value is -2.16. The van der Waals surface area contributed by atoms with Crippen molar-refractivity contribution in [3.05, 3.63) is 63.0 Å². The number of aryl methyl sites for hydroxylation is 1. The Labute approximate surface area is 174 Å². The van der Waals surface area contributed by atoms with Crippen LogP contribution in [-0.2, 0) is 9.59 Å². The number of hydrogen-bond acceptors (Lipinski definition) is 5. The van der Waals surface area contributed by atoms with Gasteiger partial charge in [-0.3, -0.25) is 9.69 Å². The van der Waals surface area contributed by atoms with E-state index in [2.05, 4.69) is 15.9 Å². The van der Waals surface area contributed by atoms with Gasteiger partial charge in [-0.25, -0.2) is 4.79 Å². The summed E-state index contributed by atoms with van der Waals surface area (Å²) in [6.07, 6.45) is 1.67. The van der Waals surface area contributed by atoms with E-state index in [1.54, 1.807) is 24.3 Å². The summed E-state index contributed by atoms with van der Waals surface area (Å²) in [6.45, 7) is 1.45. The lowest BCUT2D eigenvalue weighted by Crippen LogP contribution is -2.28. The maximum atomic E-state index is 12.9. The van der Waals surface area contributed by atoms with Gasteiger partial charge < -0.3 is 9.84 Å². The number of ether oxygens (including phenoxy) is 1. The Balaban J connectivity index is 1.96. The molecule has 5 nitrogen and oxygen atoms in total. The number of aliphatic carboxylic acids is 1. The quantitative estimate of drug-likeness (QED) is 0.515. The van der Waals surface area contributed by atoms with Crippen LogP contribution in [0.1, 0.15) is 11.1 Å². The molecule has 1 saturated heterocycles. The number of para-hydroxylation sites is 1. The standard InChI is InChI=1S/C19H14BrNO4S2/c1-11-4-2-3-5-14(11)21-18(24)16(27-19(21)26)9-12-8-13(20)6-7-15(12)25-10-17(22)23/h2-9H,10H2,1H3,(H,22,23)/b16-9+. The molecule has 1 heterocycles. The average molecular weight is 464 g/mol. The summed E-state index contributed by atoms with van der Waals surface area (Å²) < 4.78 is 6.56. The van der Waals surface area contributed by atoms with Gasteiger partial charge in [0.1, 0.15) is 5.75 Å². The molecular formula is C19H14BrNO4S2. The third-order valence-corrected chi connectivity index (χ3v) is 5.56. The predicted octanol–water partition coefficient (Wildman–Crippen LogP) is 4.63. The summed E-state index contributed by atoms with van der Waals surface area (Å²) >= 11 is 9.99. The number of hydrogen-bond donors (Lipinski definition) is 1. The van der Waals surface area contributed by atoms with E-state index in [1.165, 1.54) is 16.7 Å². The fraction of sp³-hybridized carbons (Fsp3) is 0.105. The second-order valence-electron chi connectivity index (χ2n) is 5.67. The second-order valence-corrected chi connectivity index (χ2v) is 8.26. The maximum Gasteiger partial charge on any atom is 0.341 e. The molecule has 0 spiro atoms. The van der Waals surface area contributed by atoms with E-state index < -0.39 is 12.6 Å². The summed E-state index contributed by atoms with van der Waals surface area (Å²) in [5, 5.41) is 8.84. The van der Waals surface area contributed by atoms with Gasteiger partial charge in [0.15, 0.2) is 10.9 Å². The zero-order chi connectivity index (χ0) is 19.6. The van der Waals surface area contributed by atoms with Gasteiger partial charge in [0, 0.05) is 10.0 Å². The molecule has 0 aromatic heterocycles. The number of carboxylic acids is 1. The lowest BCUT2D eigenvalue weighted by atomic mass is 10.1. The summed E-state index contributed by atoms with van der Waals surface area (Å²) in [5.41, 5.74) is 2.29. The number of amides is 1. The number of thiocarbonyl (C=S) groups is 1. The van der Waals surface area contributed by atoms with E-state index in [0.717, 1.165) is 15.7 Å². The highest BCUT2D eigenvalue weighted by Crippen LogP contribution is 2.38. The summed E-state index contributed by atoms with van der Waals surface area (Å²) in [5.74, 6) is -0.917. The third-order valence-electron chi connectivity index (χ3n) is 3.76. The fourth-order valence-corrected chi connectivity index (χ4v) is 4.19. The number of thioether (sulfide) groups is 1. The molecule has 1 aliphatic rings. The fourth-order valence-electron chi connectivity index (χ4n) is 2.53. The highest BCUT2D eigenvalue weighted by molar-refractivity contribution is 9.10. The Bertz CT molecular complexity index is 974. The monoisotopic (exact) mass is 463 g/mol. The molecule has 0 atom stereocenters. The first-order valence-corrected chi connectivity index (χ1v) is 9.86. The van der Waals surface area contributed by atoms with Gasteiger partial charge in [-0.1, -0.05) is 58.1 Å². The topological polar surface area (TPSA) is 66.8 Å². The highest BCUT2D eigenvalue weighted by atomic mass is 79.9. The van der Waals surface area contributed by atoms with Crippen molar-refractivity contribution in [2.24, 2.45) is 0 Å². The van der Waals surface area contributed by atoms with Crippen LogP contribution in [0.5, 0.6) is 5.75 Å². The van der Waals surface area contributed by atoms with Crippen LogP contribution in [0.3, 0.4) is 0 Å². The van der Waals surface area contributed by atoms with Gasteiger partial charge in [0.05, 0.1) is 10.6 Å². The number of carbonyl (C=O) groups is 2. The number of anilines is 1. The number of halogens is 1. The summed E-state index contributed by atoms with van der Waals surface area (Å²) in [6, 6.07) is 12.7. The first-order chi connectivity index (χ1) is 12.9. The van der Waals surface area contributed by atoms with E-state index in [4.69, 9.17) is 22.1 Å². The number of nitrogens with zero attached hydrogens (tertiary/aromatic N) is 1. The van der Waals surface area contributed by atoms with Crippen molar-refractivity contribution in [3.63, 3.8) is 0 Å². The van der Waals surface area contributed by atoms with Crippen molar-refractivity contribution in [2.45, 2.75) is 6.92 Å². The molecule has 2 aromatic rings. The van der Waals surface area contributed by atoms with Crippen molar-refractivity contribution in [3.8, 4) is 5.75 Å². The van der Waals surface area contributed by atoms with E-state index >= 15 is 0 Å². The first kappa shape index (κ1) is 19.6. The van der Waals surface area contributed by atoms with E-state index in [9.17, 15) is 9.59 Å². The predicted molar refractivity (Wildman–Crippen MR) is 114 cm³/mol. The van der Waals surface area contributed by atoms with E-state index in [0.29, 0.717) is 20.5 Å². The molecule has 0 unspecified atom stereocenters. The average Bonchev–Trinajstić information content (AvgIpc) is 2.88. The number of carbonyl (C=O) groups excluding carboxylic acids is 1. The lowest BCUT2D eigenvalue weighted by molar-refractivity contribution is -0.139. The molecule has 0 saturated carbocycles. The van der Waals surface area contributed by atoms with Gasteiger partial charge in [-0.2, -0.15) is 0 Å². The molecule has 3 rings (SSSR count). The molecule has 0 radical (unpaired) electrons. The Morgan fingerprint density at radius 2 is 2.07 bits per heavy atom. The molecular weight excluding hydrogens is 450 g/mol. The van der Waals surface area contributed by atoms with Crippen molar-refractivity contribution in [2.75, 3.05) is 11.5 Å². The molecule has 138 valence electrons. The number of benzene rings is 2. The highest BCUT2D eigenvalue weighted by Gasteiger charge is 2.34. The molecule has 1 N–H and O–H groups in total. The van der Waals surface area contributed by atoms with Crippen LogP contribution in [0.25, 0.3) is 6.08 Å². The Kier molecular flexibility index (Phi) is 5.98. The Morgan fingerprint density at radius 1 is 1.33 bits per heavy atom. The normalized spacial score (nSPS) is 15.5. The first-order valence-electron chi connectivity index (χ1n) is 7.84. The smallest absolute Gasteiger partial charge is 0.341 e. The Morgan fingerprint density at radius 3 is 2.78 bits per heavy atom. The molecule has 27 heavy (non-hydrogen) atoms. The zero-order valence-electron chi connectivity index (χ0n) is 14.1. The van der Waals surface area contributed by atoms with E-state index in [1.807, 2.05) is 31.2 Å². The second kappa shape index (κ2) is 8.24. The van der Waals surface area contributed by atoms with Crippen LogP contribution in [0, 0.1) is 6.92 Å². The molecule has 1 fully saturated rings. The third kappa shape index (κ3) is 4.40. The van der Waals surface area contributed by atoms with Crippen LogP contribution < -0.4 is 9.64 Å². The summed E-state index contributed by atoms with van der Waals surface area (Å²) in [7, 11) is 0. The SMILES string of the molecule is Cc1ccccc1N1C(=O)/C(=C\c2cc(Br)ccc2OCC(=O)O)SC1=S. The van der Waals surface area contributed by atoms with Crippen LogP contribution in [0.4, 0.5) is 5.69 Å².